The lowest BCUT2D eigenvalue weighted by molar-refractivity contribution is -0.140. The Morgan fingerprint density at radius 1 is 0.889 bits per heavy atom. The number of hydrogen-bond donors (Lipinski definition) is 0. The van der Waals surface area contributed by atoms with Crippen LogP contribution in [0.25, 0.3) is 0 Å². The van der Waals surface area contributed by atoms with E-state index in [2.05, 4.69) is 0 Å². The van der Waals surface area contributed by atoms with Crippen molar-refractivity contribution >= 4 is 17.5 Å². The molecule has 0 fully saturated rings. The number of benzene rings is 2. The van der Waals surface area contributed by atoms with Crippen molar-refractivity contribution in [3.63, 3.8) is 0 Å². The fraction of sp³-hybridized carbons (Fsp3) is 0.190. The van der Waals surface area contributed by atoms with Crippen LogP contribution in [0, 0.1) is 0 Å². The highest BCUT2D eigenvalue weighted by Gasteiger charge is 2.42. The summed E-state index contributed by atoms with van der Waals surface area (Å²) in [5, 5.41) is 0. The highest BCUT2D eigenvalue weighted by molar-refractivity contribution is 6.27. The van der Waals surface area contributed by atoms with E-state index in [1.807, 2.05) is 0 Å². The largest absolute Gasteiger partial charge is 0.493 e. The molecule has 0 N–H and O–H groups in total. The average Bonchev–Trinajstić information content (AvgIpc) is 2.70. The van der Waals surface area contributed by atoms with E-state index in [1.165, 1.54) is 14.2 Å². The number of hydrogen-bond acceptors (Lipinski definition) is 6. The SMILES string of the molecule is COc1ccc(C2CC(=O)OC3=C2C(=O)c2ccccc2C3=O)cc1OC. The molecule has 0 saturated heterocycles. The molecule has 2 aromatic rings. The number of allylic oxidation sites excluding steroid dienone is 2. The molecule has 2 aromatic carbocycles. The summed E-state index contributed by atoms with van der Waals surface area (Å²) in [5.41, 5.74) is 1.47. The summed E-state index contributed by atoms with van der Waals surface area (Å²) in [6.45, 7) is 0. The third kappa shape index (κ3) is 2.61. The molecule has 0 amide bonds. The predicted octanol–water partition coefficient (Wildman–Crippen LogP) is 3.07. The van der Waals surface area contributed by atoms with Crippen LogP contribution in [0.15, 0.2) is 53.8 Å². The van der Waals surface area contributed by atoms with Gasteiger partial charge in [-0.05, 0) is 17.7 Å². The normalized spacial score (nSPS) is 18.6. The minimum absolute atomic E-state index is 0.0322. The van der Waals surface area contributed by atoms with Crippen molar-refractivity contribution in [1.82, 2.24) is 0 Å². The summed E-state index contributed by atoms with van der Waals surface area (Å²) in [6.07, 6.45) is -0.0322. The lowest BCUT2D eigenvalue weighted by atomic mass is 9.77. The smallest absolute Gasteiger partial charge is 0.312 e. The Labute approximate surface area is 155 Å². The molecule has 0 aromatic heterocycles. The quantitative estimate of drug-likeness (QED) is 0.779. The van der Waals surface area contributed by atoms with Crippen LogP contribution in [0.4, 0.5) is 0 Å². The number of ether oxygens (including phenoxy) is 3. The number of carbonyl (C=O) groups is 3. The molecule has 2 aliphatic rings. The lowest BCUT2D eigenvalue weighted by Gasteiger charge is -2.30. The fourth-order valence-electron chi connectivity index (χ4n) is 3.57. The summed E-state index contributed by atoms with van der Waals surface area (Å²) in [5.74, 6) is -1.04. The van der Waals surface area contributed by atoms with Gasteiger partial charge in [0.2, 0.25) is 5.78 Å². The molecule has 0 saturated carbocycles. The number of carbonyl (C=O) groups excluding carboxylic acids is 3. The first kappa shape index (κ1) is 17.0. The van der Waals surface area contributed by atoms with Gasteiger partial charge in [-0.25, -0.2) is 0 Å². The van der Waals surface area contributed by atoms with Crippen molar-refractivity contribution < 1.29 is 28.6 Å². The van der Waals surface area contributed by atoms with Gasteiger partial charge in [0.25, 0.3) is 0 Å². The zero-order valence-electron chi connectivity index (χ0n) is 14.8. The van der Waals surface area contributed by atoms with E-state index in [-0.39, 0.29) is 29.1 Å². The second kappa shape index (κ2) is 6.39. The maximum atomic E-state index is 13.1. The molecule has 4 rings (SSSR count). The highest BCUT2D eigenvalue weighted by atomic mass is 16.5. The van der Waals surface area contributed by atoms with E-state index < -0.39 is 17.7 Å². The maximum absolute atomic E-state index is 13.1. The van der Waals surface area contributed by atoms with Gasteiger partial charge in [-0.2, -0.15) is 0 Å². The zero-order valence-corrected chi connectivity index (χ0v) is 14.8. The minimum atomic E-state index is -0.592. The Bertz CT molecular complexity index is 1020. The van der Waals surface area contributed by atoms with Gasteiger partial charge in [0.1, 0.15) is 0 Å². The summed E-state index contributed by atoms with van der Waals surface area (Å²) >= 11 is 0. The van der Waals surface area contributed by atoms with E-state index in [0.29, 0.717) is 22.6 Å². The molecule has 0 radical (unpaired) electrons. The summed E-state index contributed by atoms with van der Waals surface area (Å²) in [4.78, 5) is 38.1. The van der Waals surface area contributed by atoms with Crippen LogP contribution in [0.1, 0.15) is 38.6 Å². The van der Waals surface area contributed by atoms with Gasteiger partial charge in [0, 0.05) is 17.0 Å². The number of fused-ring (bicyclic) bond motifs is 1. The number of rotatable bonds is 3. The molecule has 0 bridgehead atoms. The van der Waals surface area contributed by atoms with E-state index >= 15 is 0 Å². The van der Waals surface area contributed by atoms with Crippen LogP contribution >= 0.6 is 0 Å². The Kier molecular flexibility index (Phi) is 4.03. The first-order valence-corrected chi connectivity index (χ1v) is 8.40. The molecule has 0 spiro atoms. The third-order valence-electron chi connectivity index (χ3n) is 4.86. The Morgan fingerprint density at radius 2 is 1.56 bits per heavy atom. The topological polar surface area (TPSA) is 78.9 Å². The van der Waals surface area contributed by atoms with Gasteiger partial charge in [0.15, 0.2) is 23.0 Å². The van der Waals surface area contributed by atoms with Crippen LogP contribution in [0.5, 0.6) is 11.5 Å². The van der Waals surface area contributed by atoms with E-state index in [1.54, 1.807) is 42.5 Å². The number of esters is 1. The molecule has 1 atom stereocenters. The zero-order chi connectivity index (χ0) is 19.1. The Balaban J connectivity index is 1.88. The average molecular weight is 364 g/mol. The van der Waals surface area contributed by atoms with Crippen LogP contribution in [0.3, 0.4) is 0 Å². The van der Waals surface area contributed by atoms with E-state index in [0.717, 1.165) is 0 Å². The molecule has 1 unspecified atom stereocenters. The molecule has 1 heterocycles. The van der Waals surface area contributed by atoms with Crippen molar-refractivity contribution in [1.29, 1.82) is 0 Å². The Morgan fingerprint density at radius 3 is 2.22 bits per heavy atom. The molecule has 6 heteroatoms. The van der Waals surface area contributed by atoms with Crippen molar-refractivity contribution in [3.05, 3.63) is 70.5 Å². The fourth-order valence-corrected chi connectivity index (χ4v) is 3.57. The first-order valence-electron chi connectivity index (χ1n) is 8.40. The Hall–Kier alpha value is -3.41. The number of Topliss-reactive ketones (excluding diaryl/α,β-unsaturated/α-hetero) is 2. The van der Waals surface area contributed by atoms with Crippen LogP contribution in [0.2, 0.25) is 0 Å². The molecule has 1 aliphatic carbocycles. The van der Waals surface area contributed by atoms with Crippen molar-refractivity contribution in [2.24, 2.45) is 0 Å². The molecular weight excluding hydrogens is 348 g/mol. The van der Waals surface area contributed by atoms with Crippen molar-refractivity contribution in [2.75, 3.05) is 14.2 Å². The first-order chi connectivity index (χ1) is 13.0. The van der Waals surface area contributed by atoms with Gasteiger partial charge in [0.05, 0.1) is 26.2 Å². The van der Waals surface area contributed by atoms with E-state index in [4.69, 9.17) is 14.2 Å². The van der Waals surface area contributed by atoms with Crippen LogP contribution < -0.4 is 9.47 Å². The second-order valence-corrected chi connectivity index (χ2v) is 6.29. The number of methoxy groups -OCH3 is 2. The maximum Gasteiger partial charge on any atom is 0.312 e. The van der Waals surface area contributed by atoms with Crippen molar-refractivity contribution in [3.8, 4) is 11.5 Å². The highest BCUT2D eigenvalue weighted by Crippen LogP contribution is 2.43. The predicted molar refractivity (Wildman–Crippen MR) is 95.1 cm³/mol. The molecule has 1 aliphatic heterocycles. The van der Waals surface area contributed by atoms with Gasteiger partial charge in [-0.15, -0.1) is 0 Å². The van der Waals surface area contributed by atoms with Gasteiger partial charge in [-0.3, -0.25) is 14.4 Å². The summed E-state index contributed by atoms with van der Waals surface area (Å²) in [7, 11) is 3.03. The molecule has 27 heavy (non-hydrogen) atoms. The van der Waals surface area contributed by atoms with Gasteiger partial charge in [-0.1, -0.05) is 30.3 Å². The second-order valence-electron chi connectivity index (χ2n) is 6.29. The molecule has 136 valence electrons. The van der Waals surface area contributed by atoms with Crippen molar-refractivity contribution in [2.45, 2.75) is 12.3 Å². The van der Waals surface area contributed by atoms with E-state index in [9.17, 15) is 14.4 Å². The number of ketones is 2. The van der Waals surface area contributed by atoms with Gasteiger partial charge < -0.3 is 14.2 Å². The minimum Gasteiger partial charge on any atom is -0.493 e. The molecular formula is C21H16O6. The summed E-state index contributed by atoms with van der Waals surface area (Å²) < 4.78 is 15.8. The summed E-state index contributed by atoms with van der Waals surface area (Å²) in [6, 6.07) is 11.7. The molecule has 6 nitrogen and oxygen atoms in total. The van der Waals surface area contributed by atoms with Crippen LogP contribution in [-0.4, -0.2) is 31.8 Å². The third-order valence-corrected chi connectivity index (χ3v) is 4.86. The lowest BCUT2D eigenvalue weighted by Crippen LogP contribution is -2.32. The standard InChI is InChI=1S/C21H16O6/c1-25-15-8-7-11(9-16(15)26-2)14-10-17(22)27-21-18(14)19(23)12-5-3-4-6-13(12)20(21)24/h3-9,14H,10H2,1-2H3. The van der Waals surface area contributed by atoms with Gasteiger partial charge >= 0.3 is 5.97 Å². The monoisotopic (exact) mass is 364 g/mol. The van der Waals surface area contributed by atoms with Crippen LogP contribution in [-0.2, 0) is 9.53 Å².